The predicted molar refractivity (Wildman–Crippen MR) is 92.6 cm³/mol. The van der Waals surface area contributed by atoms with Gasteiger partial charge in [-0.25, -0.2) is 0 Å². The second-order valence-electron chi connectivity index (χ2n) is 7.15. The van der Waals surface area contributed by atoms with Crippen LogP contribution in [0.3, 0.4) is 0 Å². The lowest BCUT2D eigenvalue weighted by Crippen LogP contribution is -2.54. The van der Waals surface area contributed by atoms with Crippen molar-refractivity contribution in [2.24, 2.45) is 0 Å². The zero-order chi connectivity index (χ0) is 17.2. The first-order valence-electron chi connectivity index (χ1n) is 8.77. The normalized spacial score (nSPS) is 23.5. The molecule has 1 aromatic carbocycles. The second kappa shape index (κ2) is 6.92. The van der Waals surface area contributed by atoms with Crippen molar-refractivity contribution in [2.75, 3.05) is 25.0 Å². The summed E-state index contributed by atoms with van der Waals surface area (Å²) in [5.74, 6) is 0.0926. The molecule has 0 bridgehead atoms. The van der Waals surface area contributed by atoms with E-state index >= 15 is 0 Å². The molecule has 0 spiro atoms. The Hall–Kier alpha value is -1.90. The Labute approximate surface area is 143 Å². The van der Waals surface area contributed by atoms with Crippen LogP contribution in [0.4, 0.5) is 5.69 Å². The molecule has 3 rings (SSSR count). The number of aliphatic hydroxyl groups is 1. The molecule has 1 amide bonds. The van der Waals surface area contributed by atoms with Crippen LogP contribution in [0.2, 0.25) is 0 Å². The maximum Gasteiger partial charge on any atom is 0.244 e. The van der Waals surface area contributed by atoms with E-state index in [-0.39, 0.29) is 11.9 Å². The van der Waals surface area contributed by atoms with Crippen molar-refractivity contribution in [1.82, 2.24) is 4.90 Å². The first-order chi connectivity index (χ1) is 11.5. The first-order valence-corrected chi connectivity index (χ1v) is 8.77. The average molecular weight is 327 g/mol. The minimum atomic E-state index is -0.633. The van der Waals surface area contributed by atoms with Gasteiger partial charge >= 0.3 is 0 Å². The molecule has 128 valence electrons. The summed E-state index contributed by atoms with van der Waals surface area (Å²) in [7, 11) is 1.95. The molecule has 2 aliphatic rings. The van der Waals surface area contributed by atoms with Crippen molar-refractivity contribution in [3.63, 3.8) is 0 Å². The minimum Gasteiger partial charge on any atom is -0.389 e. The van der Waals surface area contributed by atoms with E-state index < -0.39 is 5.60 Å². The van der Waals surface area contributed by atoms with Gasteiger partial charge in [0, 0.05) is 18.8 Å². The SMILES string of the molecule is CN(CC1(O)CCCC1)C1CCCN(c2ccc(C#N)cc2)C1=O. The van der Waals surface area contributed by atoms with E-state index in [9.17, 15) is 9.90 Å². The van der Waals surface area contributed by atoms with Gasteiger partial charge in [-0.1, -0.05) is 12.8 Å². The minimum absolute atomic E-state index is 0.0926. The third-order valence-corrected chi connectivity index (χ3v) is 5.33. The van der Waals surface area contributed by atoms with E-state index in [0.29, 0.717) is 18.7 Å². The molecule has 1 atom stereocenters. The summed E-state index contributed by atoms with van der Waals surface area (Å²) >= 11 is 0. The van der Waals surface area contributed by atoms with Crippen LogP contribution >= 0.6 is 0 Å². The summed E-state index contributed by atoms with van der Waals surface area (Å²) in [4.78, 5) is 16.8. The standard InChI is InChI=1S/C19H25N3O2/c1-21(14-19(24)10-2-3-11-19)17-5-4-12-22(18(17)23)16-8-6-15(13-20)7-9-16/h6-9,17,24H,2-5,10-12,14H2,1H3. The van der Waals surface area contributed by atoms with Crippen LogP contribution < -0.4 is 4.90 Å². The largest absolute Gasteiger partial charge is 0.389 e. The van der Waals surface area contributed by atoms with Crippen LogP contribution in [0.1, 0.15) is 44.1 Å². The number of rotatable bonds is 4. The van der Waals surface area contributed by atoms with E-state index in [0.717, 1.165) is 44.2 Å². The van der Waals surface area contributed by atoms with Gasteiger partial charge < -0.3 is 10.0 Å². The third kappa shape index (κ3) is 3.45. The molecule has 5 nitrogen and oxygen atoms in total. The zero-order valence-corrected chi connectivity index (χ0v) is 14.2. The van der Waals surface area contributed by atoms with Crippen LogP contribution in [0.25, 0.3) is 0 Å². The molecule has 1 N–H and O–H groups in total. The highest BCUT2D eigenvalue weighted by Crippen LogP contribution is 2.31. The van der Waals surface area contributed by atoms with Crippen molar-refractivity contribution in [2.45, 2.75) is 50.2 Å². The van der Waals surface area contributed by atoms with Gasteiger partial charge in [-0.15, -0.1) is 0 Å². The number of benzene rings is 1. The number of hydrogen-bond acceptors (Lipinski definition) is 4. The summed E-state index contributed by atoms with van der Waals surface area (Å²) in [6, 6.07) is 9.09. The Bertz CT molecular complexity index is 629. The summed E-state index contributed by atoms with van der Waals surface area (Å²) in [5, 5.41) is 19.5. The van der Waals surface area contributed by atoms with Crippen molar-refractivity contribution < 1.29 is 9.90 Å². The summed E-state index contributed by atoms with van der Waals surface area (Å²) in [6.45, 7) is 1.27. The van der Waals surface area contributed by atoms with Gasteiger partial charge in [-0.2, -0.15) is 5.26 Å². The lowest BCUT2D eigenvalue weighted by atomic mass is 9.97. The van der Waals surface area contributed by atoms with Crippen LogP contribution in [-0.4, -0.2) is 47.7 Å². The van der Waals surface area contributed by atoms with Crippen LogP contribution in [-0.2, 0) is 4.79 Å². The predicted octanol–water partition coefficient (Wildman–Crippen LogP) is 2.29. The summed E-state index contributed by atoms with van der Waals surface area (Å²) < 4.78 is 0. The Balaban J connectivity index is 1.70. The quantitative estimate of drug-likeness (QED) is 0.921. The number of likely N-dealkylation sites (N-methyl/N-ethyl adjacent to an activating group) is 1. The molecule has 0 aromatic heterocycles. The number of carbonyl (C=O) groups is 1. The first kappa shape index (κ1) is 16.9. The fraction of sp³-hybridized carbons (Fsp3) is 0.579. The van der Waals surface area contributed by atoms with Gasteiger partial charge in [-0.3, -0.25) is 9.69 Å². The maximum atomic E-state index is 12.9. The van der Waals surface area contributed by atoms with Crippen LogP contribution in [0, 0.1) is 11.3 Å². The van der Waals surface area contributed by atoms with E-state index in [1.807, 2.05) is 29.0 Å². The monoisotopic (exact) mass is 327 g/mol. The van der Waals surface area contributed by atoms with Crippen molar-refractivity contribution in [3.05, 3.63) is 29.8 Å². The number of nitrogens with zero attached hydrogens (tertiary/aromatic N) is 3. The lowest BCUT2D eigenvalue weighted by Gasteiger charge is -2.39. The van der Waals surface area contributed by atoms with Gasteiger partial charge in [0.15, 0.2) is 0 Å². The Morgan fingerprint density at radius 2 is 1.96 bits per heavy atom. The second-order valence-corrected chi connectivity index (χ2v) is 7.15. The Morgan fingerprint density at radius 1 is 1.29 bits per heavy atom. The van der Waals surface area contributed by atoms with Crippen molar-refractivity contribution in [1.29, 1.82) is 5.26 Å². The Kier molecular flexibility index (Phi) is 4.88. The summed E-state index contributed by atoms with van der Waals surface area (Å²) in [6.07, 6.45) is 5.58. The van der Waals surface area contributed by atoms with Gasteiger partial charge in [0.1, 0.15) is 0 Å². The summed E-state index contributed by atoms with van der Waals surface area (Å²) in [5.41, 5.74) is 0.808. The van der Waals surface area contributed by atoms with Crippen molar-refractivity contribution in [3.8, 4) is 6.07 Å². The maximum absolute atomic E-state index is 12.9. The number of amides is 1. The molecule has 1 saturated carbocycles. The highest BCUT2D eigenvalue weighted by atomic mass is 16.3. The number of hydrogen-bond donors (Lipinski definition) is 1. The molecule has 0 radical (unpaired) electrons. The molecule has 5 heteroatoms. The average Bonchev–Trinajstić information content (AvgIpc) is 3.01. The number of piperidine rings is 1. The molecular formula is C19H25N3O2. The van der Waals surface area contributed by atoms with Gasteiger partial charge in [0.2, 0.25) is 5.91 Å². The molecule has 2 fully saturated rings. The molecule has 1 heterocycles. The molecule has 1 saturated heterocycles. The molecule has 24 heavy (non-hydrogen) atoms. The molecule has 1 aromatic rings. The smallest absolute Gasteiger partial charge is 0.244 e. The fourth-order valence-electron chi connectivity index (χ4n) is 4.00. The van der Waals surface area contributed by atoms with Gasteiger partial charge in [0.25, 0.3) is 0 Å². The van der Waals surface area contributed by atoms with E-state index in [1.54, 1.807) is 12.1 Å². The van der Waals surface area contributed by atoms with Crippen LogP contribution in [0.5, 0.6) is 0 Å². The van der Waals surface area contributed by atoms with E-state index in [2.05, 4.69) is 6.07 Å². The van der Waals surface area contributed by atoms with Gasteiger partial charge in [-0.05, 0) is 57.0 Å². The topological polar surface area (TPSA) is 67.6 Å². The van der Waals surface area contributed by atoms with E-state index in [1.165, 1.54) is 0 Å². The number of carbonyl (C=O) groups excluding carboxylic acids is 1. The highest BCUT2D eigenvalue weighted by Gasteiger charge is 2.38. The lowest BCUT2D eigenvalue weighted by molar-refractivity contribution is -0.126. The molecular weight excluding hydrogens is 302 g/mol. The molecule has 1 aliphatic heterocycles. The molecule has 1 unspecified atom stereocenters. The fourth-order valence-corrected chi connectivity index (χ4v) is 4.00. The number of anilines is 1. The van der Waals surface area contributed by atoms with Crippen molar-refractivity contribution >= 4 is 11.6 Å². The molecule has 1 aliphatic carbocycles. The zero-order valence-electron chi connectivity index (χ0n) is 14.2. The number of nitriles is 1. The highest BCUT2D eigenvalue weighted by molar-refractivity contribution is 5.97. The third-order valence-electron chi connectivity index (χ3n) is 5.33. The Morgan fingerprint density at radius 3 is 2.58 bits per heavy atom. The van der Waals surface area contributed by atoms with Crippen LogP contribution in [0.15, 0.2) is 24.3 Å². The van der Waals surface area contributed by atoms with Gasteiger partial charge in [0.05, 0.1) is 23.3 Å². The van der Waals surface area contributed by atoms with E-state index in [4.69, 9.17) is 5.26 Å².